The van der Waals surface area contributed by atoms with Crippen LogP contribution in [0.2, 0.25) is 5.15 Å². The van der Waals surface area contributed by atoms with Crippen molar-refractivity contribution in [2.45, 2.75) is 6.18 Å². The molecule has 0 aliphatic carbocycles. The second-order valence-corrected chi connectivity index (χ2v) is 4.78. The van der Waals surface area contributed by atoms with Crippen LogP contribution in [0, 0.1) is 0 Å². The molecular weight excluding hydrogens is 319 g/mol. The average molecular weight is 330 g/mol. The Kier molecular flexibility index (Phi) is 4.56. The van der Waals surface area contributed by atoms with Gasteiger partial charge in [-0.2, -0.15) is 13.2 Å². The zero-order chi connectivity index (χ0) is 16.3. The zero-order valence-electron chi connectivity index (χ0n) is 11.4. The Hall–Kier alpha value is -2.28. The first-order valence-corrected chi connectivity index (χ1v) is 6.49. The van der Waals surface area contributed by atoms with E-state index in [-0.39, 0.29) is 10.8 Å². The lowest BCUT2D eigenvalue weighted by Crippen LogP contribution is -2.33. The van der Waals surface area contributed by atoms with Gasteiger partial charge in [-0.05, 0) is 12.1 Å². The van der Waals surface area contributed by atoms with E-state index < -0.39 is 17.6 Å². The fourth-order valence-electron chi connectivity index (χ4n) is 1.75. The molecule has 0 aliphatic rings. The topological polar surface area (TPSA) is 45.2 Å². The van der Waals surface area contributed by atoms with E-state index in [0.717, 1.165) is 11.1 Å². The monoisotopic (exact) mass is 329 g/mol. The molecule has 2 aromatic rings. The maximum absolute atomic E-state index is 12.9. The minimum Gasteiger partial charge on any atom is -0.295 e. The van der Waals surface area contributed by atoms with E-state index in [1.54, 1.807) is 30.3 Å². The molecular formula is C14H11ClF3N3O. The number of halogens is 4. The number of anilines is 1. The molecule has 1 N–H and O–H groups in total. The predicted molar refractivity (Wildman–Crippen MR) is 76.4 cm³/mol. The average Bonchev–Trinajstić information content (AvgIpc) is 2.46. The molecule has 0 fully saturated rings. The Morgan fingerprint density at radius 2 is 1.91 bits per heavy atom. The van der Waals surface area contributed by atoms with Crippen LogP contribution in [-0.2, 0) is 6.18 Å². The van der Waals surface area contributed by atoms with E-state index in [2.05, 4.69) is 10.4 Å². The van der Waals surface area contributed by atoms with E-state index in [4.69, 9.17) is 11.6 Å². The lowest BCUT2D eigenvalue weighted by Gasteiger charge is -2.22. The number of rotatable bonds is 3. The summed E-state index contributed by atoms with van der Waals surface area (Å²) in [7, 11) is 1.32. The van der Waals surface area contributed by atoms with Gasteiger partial charge in [0.25, 0.3) is 5.91 Å². The van der Waals surface area contributed by atoms with Gasteiger partial charge in [-0.1, -0.05) is 29.8 Å². The van der Waals surface area contributed by atoms with Gasteiger partial charge in [0.2, 0.25) is 0 Å². The van der Waals surface area contributed by atoms with E-state index in [9.17, 15) is 18.0 Å². The molecule has 0 atom stereocenters. The highest BCUT2D eigenvalue weighted by molar-refractivity contribution is 6.29. The molecule has 0 unspecified atom stereocenters. The quantitative estimate of drug-likeness (QED) is 0.687. The highest BCUT2D eigenvalue weighted by Gasteiger charge is 2.34. The van der Waals surface area contributed by atoms with Crippen LogP contribution in [0.3, 0.4) is 0 Å². The highest BCUT2D eigenvalue weighted by atomic mass is 35.5. The molecule has 0 bridgehead atoms. The van der Waals surface area contributed by atoms with Crippen molar-refractivity contribution in [1.82, 2.24) is 9.99 Å². The summed E-state index contributed by atoms with van der Waals surface area (Å²) < 4.78 is 38.8. The standard InChI is InChI=1S/C14H11ClF3N3O/c1-21(13(22)9-5-3-2-4-6-9)20-11-7-12(15)19-8-10(11)14(16,17)18/h2-8H,1H3,(H,19,20). The van der Waals surface area contributed by atoms with Gasteiger partial charge in [0, 0.05) is 24.9 Å². The molecule has 0 aliphatic heterocycles. The van der Waals surface area contributed by atoms with Gasteiger partial charge in [0.15, 0.2) is 0 Å². The van der Waals surface area contributed by atoms with E-state index >= 15 is 0 Å². The van der Waals surface area contributed by atoms with Crippen LogP contribution in [0.15, 0.2) is 42.6 Å². The molecule has 0 spiro atoms. The third-order valence-electron chi connectivity index (χ3n) is 2.79. The van der Waals surface area contributed by atoms with Gasteiger partial charge in [-0.25, -0.2) is 4.98 Å². The third kappa shape index (κ3) is 3.67. The molecule has 0 radical (unpaired) electrons. The molecule has 4 nitrogen and oxygen atoms in total. The number of benzene rings is 1. The summed E-state index contributed by atoms with van der Waals surface area (Å²) >= 11 is 5.63. The summed E-state index contributed by atoms with van der Waals surface area (Å²) in [5.74, 6) is -0.485. The molecule has 2 rings (SSSR count). The number of alkyl halides is 3. The maximum atomic E-state index is 12.9. The van der Waals surface area contributed by atoms with Gasteiger partial charge >= 0.3 is 6.18 Å². The van der Waals surface area contributed by atoms with Gasteiger partial charge in [-0.15, -0.1) is 0 Å². The number of hydrogen-bond acceptors (Lipinski definition) is 3. The Bertz CT molecular complexity index is 677. The first-order chi connectivity index (χ1) is 10.3. The van der Waals surface area contributed by atoms with Crippen molar-refractivity contribution >= 4 is 23.2 Å². The minimum atomic E-state index is -4.61. The predicted octanol–water partition coefficient (Wildman–Crippen LogP) is 3.85. The molecule has 1 aromatic carbocycles. The normalized spacial score (nSPS) is 11.1. The number of carbonyl (C=O) groups excluding carboxylic acids is 1. The van der Waals surface area contributed by atoms with Crippen LogP contribution >= 0.6 is 11.6 Å². The molecule has 1 aromatic heterocycles. The van der Waals surface area contributed by atoms with Crippen molar-refractivity contribution in [3.05, 3.63) is 58.9 Å². The number of pyridine rings is 1. The van der Waals surface area contributed by atoms with Crippen molar-refractivity contribution in [3.63, 3.8) is 0 Å². The van der Waals surface area contributed by atoms with E-state index in [1.807, 2.05) is 0 Å². The number of carbonyl (C=O) groups is 1. The van der Waals surface area contributed by atoms with Crippen LogP contribution in [0.4, 0.5) is 18.9 Å². The molecule has 1 heterocycles. The number of amides is 1. The van der Waals surface area contributed by atoms with Gasteiger partial charge < -0.3 is 0 Å². The number of hydrazine groups is 1. The Balaban J connectivity index is 2.27. The zero-order valence-corrected chi connectivity index (χ0v) is 12.1. The second-order valence-electron chi connectivity index (χ2n) is 4.39. The minimum absolute atomic E-state index is 0.115. The van der Waals surface area contributed by atoms with Crippen molar-refractivity contribution in [1.29, 1.82) is 0 Å². The van der Waals surface area contributed by atoms with Crippen molar-refractivity contribution in [3.8, 4) is 0 Å². The van der Waals surface area contributed by atoms with Crippen molar-refractivity contribution < 1.29 is 18.0 Å². The first kappa shape index (κ1) is 16.1. The summed E-state index contributed by atoms with van der Waals surface area (Å²) in [6, 6.07) is 9.18. The van der Waals surface area contributed by atoms with Crippen LogP contribution in [-0.4, -0.2) is 22.9 Å². The number of aromatic nitrogens is 1. The van der Waals surface area contributed by atoms with Crippen molar-refractivity contribution in [2.75, 3.05) is 12.5 Å². The molecule has 1 amide bonds. The summed E-state index contributed by atoms with van der Waals surface area (Å²) in [6.07, 6.45) is -4.00. The lowest BCUT2D eigenvalue weighted by molar-refractivity contribution is -0.137. The van der Waals surface area contributed by atoms with Gasteiger partial charge in [0.05, 0.1) is 11.3 Å². The Labute approximate surface area is 129 Å². The number of nitrogens with zero attached hydrogens (tertiary/aromatic N) is 2. The van der Waals surface area contributed by atoms with E-state index in [1.165, 1.54) is 7.05 Å². The highest BCUT2D eigenvalue weighted by Crippen LogP contribution is 2.35. The maximum Gasteiger partial charge on any atom is 0.419 e. The Morgan fingerprint density at radius 1 is 1.27 bits per heavy atom. The van der Waals surface area contributed by atoms with Crippen LogP contribution < -0.4 is 5.43 Å². The summed E-state index contributed by atoms with van der Waals surface area (Å²) in [6.45, 7) is 0. The first-order valence-electron chi connectivity index (χ1n) is 6.11. The fourth-order valence-corrected chi connectivity index (χ4v) is 1.91. The number of hydrogen-bond donors (Lipinski definition) is 1. The van der Waals surface area contributed by atoms with Crippen molar-refractivity contribution in [2.24, 2.45) is 0 Å². The molecule has 0 saturated carbocycles. The Morgan fingerprint density at radius 3 is 2.50 bits per heavy atom. The van der Waals surface area contributed by atoms with E-state index in [0.29, 0.717) is 11.8 Å². The van der Waals surface area contributed by atoms with Gasteiger partial charge in [0.1, 0.15) is 5.15 Å². The molecule has 22 heavy (non-hydrogen) atoms. The molecule has 8 heteroatoms. The largest absolute Gasteiger partial charge is 0.419 e. The van der Waals surface area contributed by atoms with Crippen LogP contribution in [0.25, 0.3) is 0 Å². The van der Waals surface area contributed by atoms with Crippen LogP contribution in [0.5, 0.6) is 0 Å². The lowest BCUT2D eigenvalue weighted by atomic mass is 10.2. The smallest absolute Gasteiger partial charge is 0.295 e. The molecule has 116 valence electrons. The van der Waals surface area contributed by atoms with Crippen LogP contribution in [0.1, 0.15) is 15.9 Å². The summed E-state index contributed by atoms with van der Waals surface area (Å²) in [5, 5.41) is 0.840. The number of nitrogens with one attached hydrogen (secondary N) is 1. The second kappa shape index (κ2) is 6.23. The fraction of sp³-hybridized carbons (Fsp3) is 0.143. The molecule has 0 saturated heterocycles. The third-order valence-corrected chi connectivity index (χ3v) is 3.00. The SMILES string of the molecule is CN(Nc1cc(Cl)ncc1C(F)(F)F)C(=O)c1ccccc1. The van der Waals surface area contributed by atoms with Gasteiger partial charge in [-0.3, -0.25) is 15.2 Å². The summed E-state index contributed by atoms with van der Waals surface area (Å²) in [4.78, 5) is 15.5. The summed E-state index contributed by atoms with van der Waals surface area (Å²) in [5.41, 5.74) is 1.38.